The van der Waals surface area contributed by atoms with Crippen LogP contribution in [0.4, 0.5) is 0 Å². The van der Waals surface area contributed by atoms with Crippen molar-refractivity contribution in [3.05, 3.63) is 64.7 Å². The minimum Gasteiger partial charge on any atom is -0.481 e. The van der Waals surface area contributed by atoms with Gasteiger partial charge in [-0.25, -0.2) is 4.79 Å². The lowest BCUT2D eigenvalue weighted by Gasteiger charge is -2.13. The second-order valence-corrected chi connectivity index (χ2v) is 5.97. The minimum atomic E-state index is -1.03. The highest BCUT2D eigenvalue weighted by Crippen LogP contribution is 2.24. The highest BCUT2D eigenvalue weighted by molar-refractivity contribution is 5.94. The van der Waals surface area contributed by atoms with E-state index in [0.717, 1.165) is 24.0 Å². The summed E-state index contributed by atoms with van der Waals surface area (Å²) >= 11 is 0. The Labute approximate surface area is 147 Å². The van der Waals surface area contributed by atoms with E-state index in [0.29, 0.717) is 17.9 Å². The molecule has 5 heteroatoms. The molecule has 5 nitrogen and oxygen atoms in total. The largest absolute Gasteiger partial charge is 0.481 e. The van der Waals surface area contributed by atoms with Crippen molar-refractivity contribution in [1.82, 2.24) is 5.32 Å². The summed E-state index contributed by atoms with van der Waals surface area (Å²) in [7, 11) is 0. The van der Waals surface area contributed by atoms with Crippen LogP contribution in [0.2, 0.25) is 0 Å². The average Bonchev–Trinajstić information content (AvgIpc) is 2.58. The molecule has 132 valence electrons. The van der Waals surface area contributed by atoms with E-state index in [1.54, 1.807) is 26.0 Å². The van der Waals surface area contributed by atoms with Gasteiger partial charge in [-0.05, 0) is 55.5 Å². The Morgan fingerprint density at radius 2 is 1.72 bits per heavy atom. The molecule has 1 amide bonds. The number of carboxylic acid groups (broad SMARTS) is 1. The van der Waals surface area contributed by atoms with E-state index >= 15 is 0 Å². The Hall–Kier alpha value is -2.82. The summed E-state index contributed by atoms with van der Waals surface area (Å²) in [5.41, 5.74) is 3.30. The van der Waals surface area contributed by atoms with Gasteiger partial charge in [0.25, 0.3) is 5.91 Å². The molecule has 2 N–H and O–H groups in total. The first kappa shape index (κ1) is 18.5. The van der Waals surface area contributed by atoms with Crippen molar-refractivity contribution < 1.29 is 19.4 Å². The molecular formula is C20H23NO4. The molecule has 2 aromatic carbocycles. The Balaban J connectivity index is 1.89. The van der Waals surface area contributed by atoms with E-state index in [4.69, 9.17) is 9.84 Å². The van der Waals surface area contributed by atoms with Crippen molar-refractivity contribution in [2.24, 2.45) is 0 Å². The second kappa shape index (κ2) is 8.87. The molecule has 0 radical (unpaired) electrons. The Bertz CT molecular complexity index is 718. The van der Waals surface area contributed by atoms with Crippen LogP contribution >= 0.6 is 0 Å². The first-order chi connectivity index (χ1) is 12.0. The average molecular weight is 341 g/mol. The van der Waals surface area contributed by atoms with Gasteiger partial charge in [-0.3, -0.25) is 4.79 Å². The number of nitrogens with one attached hydrogen (secondary N) is 1. The van der Waals surface area contributed by atoms with Crippen LogP contribution in [0, 0.1) is 13.8 Å². The molecule has 0 aromatic heterocycles. The number of carbonyl (C=O) groups excluding carboxylic acids is 1. The maximum Gasteiger partial charge on any atom is 0.341 e. The standard InChI is InChI=1S/C20H23NO4/c1-14-11-17(12-15(2)19(14)25-13-18(22)23)20(24)21-10-6-9-16-7-4-3-5-8-16/h3-5,7-8,11-12H,6,9-10,13H2,1-2H3,(H,21,24)(H,22,23). The zero-order valence-corrected chi connectivity index (χ0v) is 14.5. The van der Waals surface area contributed by atoms with Crippen LogP contribution in [0.1, 0.15) is 33.5 Å². The van der Waals surface area contributed by atoms with E-state index in [-0.39, 0.29) is 5.91 Å². The minimum absolute atomic E-state index is 0.135. The third-order valence-corrected chi connectivity index (χ3v) is 3.83. The summed E-state index contributed by atoms with van der Waals surface area (Å²) in [5, 5.41) is 11.6. The Kier molecular flexibility index (Phi) is 6.57. The van der Waals surface area contributed by atoms with Crippen LogP contribution in [-0.4, -0.2) is 30.1 Å². The lowest BCUT2D eigenvalue weighted by Crippen LogP contribution is -2.25. The third kappa shape index (κ3) is 5.64. The lowest BCUT2D eigenvalue weighted by molar-refractivity contribution is -0.139. The van der Waals surface area contributed by atoms with Gasteiger partial charge in [-0.2, -0.15) is 0 Å². The van der Waals surface area contributed by atoms with E-state index in [2.05, 4.69) is 17.4 Å². The molecule has 0 aliphatic rings. The van der Waals surface area contributed by atoms with E-state index in [1.807, 2.05) is 18.2 Å². The van der Waals surface area contributed by atoms with Gasteiger partial charge in [-0.1, -0.05) is 30.3 Å². The van der Waals surface area contributed by atoms with Crippen molar-refractivity contribution in [1.29, 1.82) is 0 Å². The predicted octanol–water partition coefficient (Wildman–Crippen LogP) is 3.13. The van der Waals surface area contributed by atoms with E-state index in [1.165, 1.54) is 5.56 Å². The molecule has 0 bridgehead atoms. The number of hydrogen-bond donors (Lipinski definition) is 2. The van der Waals surface area contributed by atoms with Gasteiger partial charge < -0.3 is 15.2 Å². The Morgan fingerprint density at radius 1 is 1.08 bits per heavy atom. The number of rotatable bonds is 8. The number of amides is 1. The maximum atomic E-state index is 12.3. The van der Waals surface area contributed by atoms with Crippen LogP contribution in [0.5, 0.6) is 5.75 Å². The smallest absolute Gasteiger partial charge is 0.341 e. The molecule has 2 rings (SSSR count). The first-order valence-corrected chi connectivity index (χ1v) is 8.25. The van der Waals surface area contributed by atoms with Gasteiger partial charge in [0.1, 0.15) is 5.75 Å². The summed E-state index contributed by atoms with van der Waals surface area (Å²) in [6, 6.07) is 13.6. The van der Waals surface area contributed by atoms with Gasteiger partial charge in [0.05, 0.1) is 0 Å². The van der Waals surface area contributed by atoms with Gasteiger partial charge in [-0.15, -0.1) is 0 Å². The predicted molar refractivity (Wildman–Crippen MR) is 96.1 cm³/mol. The molecule has 0 aliphatic carbocycles. The van der Waals surface area contributed by atoms with Gasteiger partial charge in [0, 0.05) is 12.1 Å². The summed E-state index contributed by atoms with van der Waals surface area (Å²) in [6.07, 6.45) is 1.79. The molecule has 0 fully saturated rings. The van der Waals surface area contributed by atoms with Crippen LogP contribution in [0.15, 0.2) is 42.5 Å². The quantitative estimate of drug-likeness (QED) is 0.723. The fraction of sp³-hybridized carbons (Fsp3) is 0.300. The summed E-state index contributed by atoms with van der Waals surface area (Å²) < 4.78 is 5.28. The van der Waals surface area contributed by atoms with Crippen LogP contribution in [0.3, 0.4) is 0 Å². The van der Waals surface area contributed by atoms with Crippen LogP contribution in [-0.2, 0) is 11.2 Å². The molecule has 0 saturated heterocycles. The van der Waals surface area contributed by atoms with Crippen LogP contribution < -0.4 is 10.1 Å². The third-order valence-electron chi connectivity index (χ3n) is 3.83. The van der Waals surface area contributed by atoms with Crippen molar-refractivity contribution in [3.8, 4) is 5.75 Å². The van der Waals surface area contributed by atoms with Crippen molar-refractivity contribution in [2.45, 2.75) is 26.7 Å². The SMILES string of the molecule is Cc1cc(C(=O)NCCCc2ccccc2)cc(C)c1OCC(=O)O. The number of ether oxygens (including phenoxy) is 1. The molecule has 0 saturated carbocycles. The molecule has 0 aliphatic heterocycles. The molecule has 0 unspecified atom stereocenters. The van der Waals surface area contributed by atoms with Gasteiger partial charge >= 0.3 is 5.97 Å². The molecular weight excluding hydrogens is 318 g/mol. The summed E-state index contributed by atoms with van der Waals surface area (Å²) in [4.78, 5) is 22.9. The van der Waals surface area contributed by atoms with E-state index in [9.17, 15) is 9.59 Å². The number of carbonyl (C=O) groups is 2. The summed E-state index contributed by atoms with van der Waals surface area (Å²) in [5.74, 6) is -0.647. The van der Waals surface area contributed by atoms with Crippen LogP contribution in [0.25, 0.3) is 0 Å². The van der Waals surface area contributed by atoms with Crippen molar-refractivity contribution >= 4 is 11.9 Å². The number of benzene rings is 2. The normalized spacial score (nSPS) is 10.3. The molecule has 0 atom stereocenters. The summed E-state index contributed by atoms with van der Waals surface area (Å²) in [6.45, 7) is 3.81. The second-order valence-electron chi connectivity index (χ2n) is 5.97. The first-order valence-electron chi connectivity index (χ1n) is 8.25. The van der Waals surface area contributed by atoms with Gasteiger partial charge in [0.15, 0.2) is 6.61 Å². The molecule has 0 heterocycles. The number of hydrogen-bond acceptors (Lipinski definition) is 3. The molecule has 25 heavy (non-hydrogen) atoms. The molecule has 0 spiro atoms. The lowest BCUT2D eigenvalue weighted by atomic mass is 10.0. The zero-order chi connectivity index (χ0) is 18.2. The maximum absolute atomic E-state index is 12.3. The van der Waals surface area contributed by atoms with Gasteiger partial charge in [0.2, 0.25) is 0 Å². The molecule has 2 aromatic rings. The number of carboxylic acids is 1. The van der Waals surface area contributed by atoms with Crippen molar-refractivity contribution in [2.75, 3.05) is 13.2 Å². The highest BCUT2D eigenvalue weighted by atomic mass is 16.5. The topological polar surface area (TPSA) is 75.6 Å². The number of aliphatic carboxylic acids is 1. The fourth-order valence-corrected chi connectivity index (χ4v) is 2.68. The Morgan fingerprint density at radius 3 is 2.32 bits per heavy atom. The zero-order valence-electron chi connectivity index (χ0n) is 14.5. The fourth-order valence-electron chi connectivity index (χ4n) is 2.68. The monoisotopic (exact) mass is 341 g/mol. The highest BCUT2D eigenvalue weighted by Gasteiger charge is 2.12. The number of aryl methyl sites for hydroxylation is 3. The van der Waals surface area contributed by atoms with Crippen molar-refractivity contribution in [3.63, 3.8) is 0 Å². The van der Waals surface area contributed by atoms with E-state index < -0.39 is 12.6 Å².